The van der Waals surface area contributed by atoms with Crippen LogP contribution in [0.15, 0.2) is 41.8 Å². The first-order valence-electron chi connectivity index (χ1n) is 8.45. The van der Waals surface area contributed by atoms with E-state index in [2.05, 4.69) is 5.32 Å². The molecule has 1 fully saturated rings. The van der Waals surface area contributed by atoms with E-state index in [0.29, 0.717) is 29.3 Å². The number of hydrogen-bond donors (Lipinski definition) is 1. The molecule has 1 saturated heterocycles. The highest BCUT2D eigenvalue weighted by molar-refractivity contribution is 7.11. The molecule has 1 aromatic carbocycles. The molecule has 1 aliphatic rings. The van der Waals surface area contributed by atoms with Gasteiger partial charge >= 0.3 is 5.97 Å². The monoisotopic (exact) mass is 375 g/mol. The molecule has 2 heterocycles. The van der Waals surface area contributed by atoms with Gasteiger partial charge in [-0.1, -0.05) is 24.3 Å². The number of hydrogen-bond acceptors (Lipinski definition) is 6. The first-order valence-corrected chi connectivity index (χ1v) is 9.33. The third-order valence-electron chi connectivity index (χ3n) is 4.13. The second kappa shape index (κ2) is 8.82. The van der Waals surface area contributed by atoms with E-state index in [9.17, 15) is 9.59 Å². The number of carbonyl (C=O) groups excluding carboxylic acids is 2. The lowest BCUT2D eigenvalue weighted by atomic mass is 10.1. The number of methoxy groups -OCH3 is 1. The number of benzene rings is 1. The van der Waals surface area contributed by atoms with E-state index in [1.165, 1.54) is 18.4 Å². The van der Waals surface area contributed by atoms with Gasteiger partial charge in [-0.15, -0.1) is 11.3 Å². The van der Waals surface area contributed by atoms with Gasteiger partial charge in [-0.25, -0.2) is 4.79 Å². The van der Waals surface area contributed by atoms with Crippen molar-refractivity contribution in [3.05, 3.63) is 52.2 Å². The summed E-state index contributed by atoms with van der Waals surface area (Å²) < 4.78 is 16.4. The second-order valence-electron chi connectivity index (χ2n) is 5.88. The van der Waals surface area contributed by atoms with Crippen molar-refractivity contribution in [2.24, 2.45) is 0 Å². The van der Waals surface area contributed by atoms with Crippen molar-refractivity contribution in [2.45, 2.75) is 25.0 Å². The van der Waals surface area contributed by atoms with Crippen molar-refractivity contribution in [1.29, 1.82) is 0 Å². The van der Waals surface area contributed by atoms with Crippen LogP contribution in [0.3, 0.4) is 0 Å². The molecule has 7 heteroatoms. The molecule has 1 N–H and O–H groups in total. The largest absolute Gasteiger partial charge is 0.496 e. The van der Waals surface area contributed by atoms with Crippen LogP contribution < -0.4 is 10.1 Å². The summed E-state index contributed by atoms with van der Waals surface area (Å²) in [4.78, 5) is 25.6. The number of para-hydroxylation sites is 1. The molecule has 1 aromatic heterocycles. The summed E-state index contributed by atoms with van der Waals surface area (Å²) in [5, 5.41) is 4.62. The minimum Gasteiger partial charge on any atom is -0.496 e. The van der Waals surface area contributed by atoms with Gasteiger partial charge in [-0.05, 0) is 30.4 Å². The molecule has 138 valence electrons. The maximum Gasteiger partial charge on any atom is 0.349 e. The summed E-state index contributed by atoms with van der Waals surface area (Å²) in [6.45, 7) is 1.10. The maximum absolute atomic E-state index is 12.8. The number of carbonyl (C=O) groups is 2. The van der Waals surface area contributed by atoms with Crippen molar-refractivity contribution < 1.29 is 23.8 Å². The van der Waals surface area contributed by atoms with Crippen LogP contribution in [-0.4, -0.2) is 38.2 Å². The second-order valence-corrected chi connectivity index (χ2v) is 6.83. The number of rotatable bonds is 7. The van der Waals surface area contributed by atoms with Crippen LogP contribution in [0.1, 0.15) is 34.2 Å². The molecule has 2 aromatic rings. The number of esters is 1. The fourth-order valence-corrected chi connectivity index (χ4v) is 3.42. The number of thiophene rings is 1. The van der Waals surface area contributed by atoms with Crippen LogP contribution in [-0.2, 0) is 14.3 Å². The Morgan fingerprint density at radius 3 is 2.85 bits per heavy atom. The normalized spacial score (nSPS) is 17.5. The van der Waals surface area contributed by atoms with Crippen LogP contribution in [0.5, 0.6) is 5.75 Å². The van der Waals surface area contributed by atoms with Crippen molar-refractivity contribution >= 4 is 23.2 Å². The maximum atomic E-state index is 12.8. The van der Waals surface area contributed by atoms with E-state index in [1.807, 2.05) is 0 Å². The topological polar surface area (TPSA) is 73.9 Å². The molecule has 0 saturated carbocycles. The lowest BCUT2D eigenvalue weighted by molar-refractivity contribution is -0.130. The Kier molecular flexibility index (Phi) is 6.25. The lowest BCUT2D eigenvalue weighted by Crippen LogP contribution is -2.37. The summed E-state index contributed by atoms with van der Waals surface area (Å²) in [6.07, 6.45) is 0.811. The summed E-state index contributed by atoms with van der Waals surface area (Å²) in [7, 11) is 1.52. The molecule has 0 aliphatic carbocycles. The van der Waals surface area contributed by atoms with E-state index in [0.717, 1.165) is 12.8 Å². The van der Waals surface area contributed by atoms with Gasteiger partial charge in [-0.3, -0.25) is 4.79 Å². The highest BCUT2D eigenvalue weighted by Crippen LogP contribution is 2.29. The molecule has 0 bridgehead atoms. The van der Waals surface area contributed by atoms with Crippen LogP contribution in [0.25, 0.3) is 0 Å². The first-order chi connectivity index (χ1) is 12.7. The summed E-state index contributed by atoms with van der Waals surface area (Å²) >= 11 is 1.27. The van der Waals surface area contributed by atoms with E-state index in [1.54, 1.807) is 41.8 Å². The van der Waals surface area contributed by atoms with E-state index >= 15 is 0 Å². The summed E-state index contributed by atoms with van der Waals surface area (Å²) in [5.41, 5.74) is 0.504. The zero-order valence-corrected chi connectivity index (χ0v) is 15.3. The first kappa shape index (κ1) is 18.4. The van der Waals surface area contributed by atoms with Crippen molar-refractivity contribution in [3.63, 3.8) is 0 Å². The number of nitrogens with one attached hydrogen (secondary N) is 1. The van der Waals surface area contributed by atoms with Crippen LogP contribution in [0.4, 0.5) is 0 Å². The Morgan fingerprint density at radius 2 is 2.15 bits per heavy atom. The fraction of sp³-hybridized carbons (Fsp3) is 0.368. The smallest absolute Gasteiger partial charge is 0.349 e. The standard InChI is InChI=1S/C19H21NO5S/c1-23-15-8-3-2-7-14(15)17(25-19(22)16-9-5-11-26-16)18(21)20-12-13-6-4-10-24-13/h2-3,5,7-9,11,13,17H,4,6,10,12H2,1H3,(H,20,21)/t13-,17-/m1/s1. The van der Waals surface area contributed by atoms with Crippen LogP contribution in [0, 0.1) is 0 Å². The Morgan fingerprint density at radius 1 is 1.31 bits per heavy atom. The summed E-state index contributed by atoms with van der Waals surface area (Å²) in [6, 6.07) is 10.4. The predicted octanol–water partition coefficient (Wildman–Crippen LogP) is 2.95. The number of ether oxygens (including phenoxy) is 3. The van der Waals surface area contributed by atoms with Gasteiger partial charge in [0.1, 0.15) is 10.6 Å². The van der Waals surface area contributed by atoms with E-state index < -0.39 is 18.0 Å². The lowest BCUT2D eigenvalue weighted by Gasteiger charge is -2.20. The Balaban J connectivity index is 1.78. The van der Waals surface area contributed by atoms with Gasteiger partial charge in [0.2, 0.25) is 6.10 Å². The van der Waals surface area contributed by atoms with Crippen LogP contribution >= 0.6 is 11.3 Å². The molecule has 0 radical (unpaired) electrons. The van der Waals surface area contributed by atoms with Gasteiger partial charge in [0.05, 0.1) is 13.2 Å². The van der Waals surface area contributed by atoms with Gasteiger partial charge in [0.25, 0.3) is 5.91 Å². The van der Waals surface area contributed by atoms with Gasteiger partial charge in [-0.2, -0.15) is 0 Å². The van der Waals surface area contributed by atoms with Gasteiger partial charge in [0.15, 0.2) is 0 Å². The Bertz CT molecular complexity index is 740. The number of amides is 1. The Labute approximate surface area is 156 Å². The molecular weight excluding hydrogens is 354 g/mol. The molecule has 0 unspecified atom stereocenters. The SMILES string of the molecule is COc1ccccc1[C@@H](OC(=O)c1cccs1)C(=O)NC[C@H]1CCCO1. The molecule has 2 atom stereocenters. The molecule has 1 aliphatic heterocycles. The minimum absolute atomic E-state index is 0.00488. The van der Waals surface area contributed by atoms with E-state index in [-0.39, 0.29) is 6.10 Å². The zero-order valence-electron chi connectivity index (χ0n) is 14.5. The highest BCUT2D eigenvalue weighted by Gasteiger charge is 2.29. The molecule has 26 heavy (non-hydrogen) atoms. The van der Waals surface area contributed by atoms with Gasteiger partial charge < -0.3 is 19.5 Å². The average Bonchev–Trinajstić information content (AvgIpc) is 3.38. The average molecular weight is 375 g/mol. The zero-order chi connectivity index (χ0) is 18.4. The van der Waals surface area contributed by atoms with Crippen molar-refractivity contribution in [2.75, 3.05) is 20.3 Å². The van der Waals surface area contributed by atoms with Gasteiger partial charge in [0, 0.05) is 18.7 Å². The molecule has 1 amide bonds. The van der Waals surface area contributed by atoms with E-state index in [4.69, 9.17) is 14.2 Å². The molecule has 3 rings (SSSR count). The fourth-order valence-electron chi connectivity index (χ4n) is 2.81. The molecule has 6 nitrogen and oxygen atoms in total. The van der Waals surface area contributed by atoms with Crippen LogP contribution in [0.2, 0.25) is 0 Å². The highest BCUT2D eigenvalue weighted by atomic mass is 32.1. The molecule has 0 spiro atoms. The minimum atomic E-state index is -1.10. The predicted molar refractivity (Wildman–Crippen MR) is 97.5 cm³/mol. The van der Waals surface area contributed by atoms with Crippen molar-refractivity contribution in [1.82, 2.24) is 5.32 Å². The third-order valence-corrected chi connectivity index (χ3v) is 4.98. The Hall–Kier alpha value is -2.38. The van der Waals surface area contributed by atoms with Crippen molar-refractivity contribution in [3.8, 4) is 5.75 Å². The molecular formula is C19H21NO5S. The quantitative estimate of drug-likeness (QED) is 0.753. The third kappa shape index (κ3) is 4.42. The summed E-state index contributed by atoms with van der Waals surface area (Å²) in [5.74, 6) is -0.443.